The number of nitrogens with one attached hydrogen (secondary N) is 1. The summed E-state index contributed by atoms with van der Waals surface area (Å²) in [6, 6.07) is 10.1. The monoisotopic (exact) mass is 268 g/mol. The van der Waals surface area contributed by atoms with E-state index in [1.807, 2.05) is 25.1 Å². The molecule has 1 aromatic heterocycles. The third-order valence-electron chi connectivity index (χ3n) is 3.22. The Morgan fingerprint density at radius 1 is 1.30 bits per heavy atom. The van der Waals surface area contributed by atoms with E-state index in [4.69, 9.17) is 5.73 Å². The number of fused-ring (bicyclic) bond motifs is 1. The highest BCUT2D eigenvalue weighted by Gasteiger charge is 2.14. The molecular weight excluding hydrogens is 256 g/mol. The lowest BCUT2D eigenvalue weighted by atomic mass is 10.1. The summed E-state index contributed by atoms with van der Waals surface area (Å²) in [7, 11) is 0. The molecule has 1 heterocycles. The molecule has 0 aliphatic heterocycles. The quantitative estimate of drug-likeness (QED) is 0.424. The Bertz CT molecular complexity index is 823. The largest absolute Gasteiger partial charge is 0.398 e. The number of aromatic nitrogens is 2. The molecule has 0 saturated heterocycles. The van der Waals surface area contributed by atoms with Crippen molar-refractivity contribution in [2.75, 3.05) is 5.73 Å². The van der Waals surface area contributed by atoms with Crippen molar-refractivity contribution in [3.63, 3.8) is 0 Å². The zero-order valence-corrected chi connectivity index (χ0v) is 10.8. The van der Waals surface area contributed by atoms with Gasteiger partial charge >= 0.3 is 0 Å². The van der Waals surface area contributed by atoms with Crippen LogP contribution < -0.4 is 5.73 Å². The fourth-order valence-corrected chi connectivity index (χ4v) is 2.17. The minimum Gasteiger partial charge on any atom is -0.398 e. The minimum atomic E-state index is -0.448. The third-order valence-corrected chi connectivity index (χ3v) is 3.22. The fraction of sp³-hybridized carbons (Fsp3) is 0.0714. The second-order valence-electron chi connectivity index (χ2n) is 4.59. The van der Waals surface area contributed by atoms with Crippen LogP contribution in [-0.2, 0) is 0 Å². The second-order valence-corrected chi connectivity index (χ2v) is 4.59. The summed E-state index contributed by atoms with van der Waals surface area (Å²) in [5.41, 5.74) is 9.64. The average Bonchev–Trinajstić information content (AvgIpc) is 2.84. The van der Waals surface area contributed by atoms with Gasteiger partial charge in [0.15, 0.2) is 0 Å². The van der Waals surface area contributed by atoms with Crippen molar-refractivity contribution in [2.45, 2.75) is 6.92 Å². The Balaban J connectivity index is 2.22. The van der Waals surface area contributed by atoms with Crippen LogP contribution in [0.1, 0.15) is 5.56 Å². The molecule has 2 aromatic carbocycles. The smallest absolute Gasteiger partial charge is 0.270 e. The molecule has 0 radical (unpaired) electrons. The Morgan fingerprint density at radius 2 is 2.10 bits per heavy atom. The highest BCUT2D eigenvalue weighted by atomic mass is 16.6. The topological polar surface area (TPSA) is 97.8 Å². The van der Waals surface area contributed by atoms with Gasteiger partial charge in [0, 0.05) is 23.4 Å². The summed E-state index contributed by atoms with van der Waals surface area (Å²) in [5.74, 6) is 0.538. The van der Waals surface area contributed by atoms with Crippen molar-refractivity contribution in [2.24, 2.45) is 0 Å². The number of aryl methyl sites for hydroxylation is 1. The Kier molecular flexibility index (Phi) is 2.64. The molecule has 3 rings (SSSR count). The van der Waals surface area contributed by atoms with Gasteiger partial charge in [-0.25, -0.2) is 4.98 Å². The molecule has 0 unspecified atom stereocenters. The number of H-pyrrole nitrogens is 1. The number of nitro benzene ring substituents is 1. The molecule has 6 heteroatoms. The summed E-state index contributed by atoms with van der Waals surface area (Å²) < 4.78 is 0. The normalized spacial score (nSPS) is 10.8. The van der Waals surface area contributed by atoms with Crippen LogP contribution in [0.25, 0.3) is 22.4 Å². The van der Waals surface area contributed by atoms with E-state index in [-0.39, 0.29) is 5.69 Å². The molecule has 0 saturated carbocycles. The lowest BCUT2D eigenvalue weighted by Gasteiger charge is -2.01. The van der Waals surface area contributed by atoms with Gasteiger partial charge in [-0.15, -0.1) is 0 Å². The number of imidazole rings is 1. The number of rotatable bonds is 2. The van der Waals surface area contributed by atoms with Gasteiger partial charge < -0.3 is 10.7 Å². The summed E-state index contributed by atoms with van der Waals surface area (Å²) in [4.78, 5) is 18.0. The van der Waals surface area contributed by atoms with Crippen molar-refractivity contribution in [3.8, 4) is 11.4 Å². The van der Waals surface area contributed by atoms with Crippen molar-refractivity contribution >= 4 is 22.4 Å². The maximum atomic E-state index is 10.9. The van der Waals surface area contributed by atoms with Crippen LogP contribution in [0.5, 0.6) is 0 Å². The van der Waals surface area contributed by atoms with Crippen LogP contribution in [0.3, 0.4) is 0 Å². The highest BCUT2D eigenvalue weighted by molar-refractivity contribution is 5.85. The molecule has 0 atom stereocenters. The van der Waals surface area contributed by atoms with Gasteiger partial charge in [-0.3, -0.25) is 10.1 Å². The van der Waals surface area contributed by atoms with Crippen LogP contribution in [0.4, 0.5) is 11.4 Å². The molecule has 100 valence electrons. The van der Waals surface area contributed by atoms with Gasteiger partial charge in [0.1, 0.15) is 5.82 Å². The van der Waals surface area contributed by atoms with Crippen molar-refractivity contribution in [1.82, 2.24) is 9.97 Å². The molecule has 3 N–H and O–H groups in total. The molecule has 6 nitrogen and oxygen atoms in total. The van der Waals surface area contributed by atoms with Gasteiger partial charge in [-0.2, -0.15) is 0 Å². The number of non-ortho nitro benzene ring substituents is 1. The highest BCUT2D eigenvalue weighted by Crippen LogP contribution is 2.29. The number of hydrogen-bond acceptors (Lipinski definition) is 4. The van der Waals surface area contributed by atoms with Gasteiger partial charge in [-0.05, 0) is 24.6 Å². The molecule has 20 heavy (non-hydrogen) atoms. The first-order valence-electron chi connectivity index (χ1n) is 6.06. The van der Waals surface area contributed by atoms with E-state index in [0.29, 0.717) is 17.1 Å². The molecule has 3 aromatic rings. The number of nitrogen functional groups attached to an aromatic ring is 1. The van der Waals surface area contributed by atoms with E-state index >= 15 is 0 Å². The van der Waals surface area contributed by atoms with Crippen molar-refractivity contribution < 1.29 is 4.92 Å². The summed E-state index contributed by atoms with van der Waals surface area (Å²) >= 11 is 0. The molecule has 0 fully saturated rings. The first-order chi connectivity index (χ1) is 9.56. The lowest BCUT2D eigenvalue weighted by Crippen LogP contribution is -1.94. The standard InChI is InChI=1S/C14H12N4O2/c1-8-3-2-4-12-13(8)17-14(16-12)10-7-9(18(19)20)5-6-11(10)15/h2-7H,15H2,1H3,(H,16,17). The van der Waals surface area contributed by atoms with Crippen LogP contribution >= 0.6 is 0 Å². The van der Waals surface area contributed by atoms with Crippen LogP contribution in [0.15, 0.2) is 36.4 Å². The maximum absolute atomic E-state index is 10.9. The number of hydrogen-bond donors (Lipinski definition) is 2. The number of anilines is 1. The number of nitrogens with zero attached hydrogens (tertiary/aromatic N) is 2. The average molecular weight is 268 g/mol. The number of para-hydroxylation sites is 1. The minimum absolute atomic E-state index is 0.00798. The number of nitrogens with two attached hydrogens (primary N) is 1. The number of aromatic amines is 1. The maximum Gasteiger partial charge on any atom is 0.270 e. The predicted molar refractivity (Wildman–Crippen MR) is 77.3 cm³/mol. The van der Waals surface area contributed by atoms with Crippen LogP contribution in [0, 0.1) is 17.0 Å². The van der Waals surface area contributed by atoms with E-state index in [1.54, 1.807) is 0 Å². The summed E-state index contributed by atoms with van der Waals surface area (Å²) in [6.07, 6.45) is 0. The summed E-state index contributed by atoms with van der Waals surface area (Å²) in [5, 5.41) is 10.9. The zero-order valence-electron chi connectivity index (χ0n) is 10.8. The molecule has 0 amide bonds. The lowest BCUT2D eigenvalue weighted by molar-refractivity contribution is -0.384. The first-order valence-corrected chi connectivity index (χ1v) is 6.06. The number of benzene rings is 2. The van der Waals surface area contributed by atoms with Crippen LogP contribution in [0.2, 0.25) is 0 Å². The molecule has 0 aliphatic rings. The van der Waals surface area contributed by atoms with Crippen LogP contribution in [-0.4, -0.2) is 14.9 Å². The predicted octanol–water partition coefficient (Wildman–Crippen LogP) is 3.03. The number of nitro groups is 1. The van der Waals surface area contributed by atoms with E-state index in [2.05, 4.69) is 9.97 Å². The second kappa shape index (κ2) is 4.34. The fourth-order valence-electron chi connectivity index (χ4n) is 2.17. The third kappa shape index (κ3) is 1.87. The molecule has 0 bridgehead atoms. The van der Waals surface area contributed by atoms with Crippen molar-refractivity contribution in [1.29, 1.82) is 0 Å². The van der Waals surface area contributed by atoms with Gasteiger partial charge in [0.05, 0.1) is 16.0 Å². The Labute approximate surface area is 114 Å². The van der Waals surface area contributed by atoms with E-state index in [9.17, 15) is 10.1 Å². The zero-order chi connectivity index (χ0) is 14.3. The molecule has 0 aliphatic carbocycles. The van der Waals surface area contributed by atoms with Crippen molar-refractivity contribution in [3.05, 3.63) is 52.1 Å². The van der Waals surface area contributed by atoms with E-state index in [0.717, 1.165) is 16.6 Å². The molecular formula is C14H12N4O2. The Morgan fingerprint density at radius 3 is 2.80 bits per heavy atom. The first kappa shape index (κ1) is 12.2. The van der Waals surface area contributed by atoms with Gasteiger partial charge in [0.25, 0.3) is 5.69 Å². The SMILES string of the molecule is Cc1cccc2[nH]c(-c3cc([N+](=O)[O-])ccc3N)nc12. The summed E-state index contributed by atoms with van der Waals surface area (Å²) in [6.45, 7) is 1.96. The van der Waals surface area contributed by atoms with Gasteiger partial charge in [-0.1, -0.05) is 12.1 Å². The van der Waals surface area contributed by atoms with E-state index < -0.39 is 4.92 Å². The van der Waals surface area contributed by atoms with E-state index in [1.165, 1.54) is 18.2 Å². The van der Waals surface area contributed by atoms with Gasteiger partial charge in [0.2, 0.25) is 0 Å². The molecule has 0 spiro atoms. The Hall–Kier alpha value is -2.89.